The monoisotopic (exact) mass is 449 g/mol. The lowest BCUT2D eigenvalue weighted by Crippen LogP contribution is -2.19. The van der Waals surface area contributed by atoms with Gasteiger partial charge in [-0.1, -0.05) is 18.6 Å². The molecular weight excluding hydrogens is 418 g/mol. The molecule has 6 nitrogen and oxygen atoms in total. The van der Waals surface area contributed by atoms with Gasteiger partial charge in [0.25, 0.3) is 0 Å². The van der Waals surface area contributed by atoms with Crippen LogP contribution in [0.1, 0.15) is 55.6 Å². The van der Waals surface area contributed by atoms with Gasteiger partial charge >= 0.3 is 0 Å². The molecule has 2 aromatic carbocycles. The zero-order chi connectivity index (χ0) is 23.2. The maximum atomic E-state index is 12.8. The molecule has 1 aromatic heterocycles. The zero-order valence-electron chi connectivity index (χ0n) is 19.5. The van der Waals surface area contributed by atoms with Crippen molar-refractivity contribution >= 4 is 5.78 Å². The Morgan fingerprint density at radius 2 is 1.94 bits per heavy atom. The van der Waals surface area contributed by atoms with Crippen molar-refractivity contribution in [3.63, 3.8) is 0 Å². The van der Waals surface area contributed by atoms with E-state index in [1.54, 1.807) is 19.4 Å². The van der Waals surface area contributed by atoms with Gasteiger partial charge in [0.05, 0.1) is 31.1 Å². The van der Waals surface area contributed by atoms with E-state index in [1.165, 1.54) is 19.3 Å². The molecule has 0 radical (unpaired) electrons. The maximum Gasteiger partial charge on any atom is 0.226 e. The lowest BCUT2D eigenvalue weighted by atomic mass is 9.86. The fourth-order valence-corrected chi connectivity index (χ4v) is 3.77. The van der Waals surface area contributed by atoms with Crippen molar-refractivity contribution in [2.75, 3.05) is 13.7 Å². The van der Waals surface area contributed by atoms with Gasteiger partial charge in [-0.2, -0.15) is 0 Å². The summed E-state index contributed by atoms with van der Waals surface area (Å²) in [6, 6.07) is 13.0. The quantitative estimate of drug-likeness (QED) is 0.328. The van der Waals surface area contributed by atoms with E-state index in [1.807, 2.05) is 50.2 Å². The van der Waals surface area contributed by atoms with Gasteiger partial charge in [-0.25, -0.2) is 4.98 Å². The normalized spacial score (nSPS) is 13.6. The molecule has 0 spiro atoms. The molecule has 0 amide bonds. The van der Waals surface area contributed by atoms with Gasteiger partial charge in [0.2, 0.25) is 5.89 Å². The van der Waals surface area contributed by atoms with Crippen molar-refractivity contribution in [1.82, 2.24) is 4.98 Å². The van der Waals surface area contributed by atoms with Crippen LogP contribution in [0, 0.1) is 5.92 Å². The number of para-hydroxylation sites is 1. The Labute approximate surface area is 194 Å². The SMILES string of the molecule is COc1ccc(-c2nc(CCC(=O)c3ccccc3OC(C)C)co2)cc1OCC1CCC1. The smallest absolute Gasteiger partial charge is 0.226 e. The number of benzene rings is 2. The summed E-state index contributed by atoms with van der Waals surface area (Å²) in [6.45, 7) is 4.59. The Balaban J connectivity index is 1.41. The average molecular weight is 450 g/mol. The number of hydrogen-bond donors (Lipinski definition) is 0. The van der Waals surface area contributed by atoms with Crippen LogP contribution in [0.3, 0.4) is 0 Å². The Bertz CT molecular complexity index is 1080. The lowest BCUT2D eigenvalue weighted by molar-refractivity contribution is 0.0976. The van der Waals surface area contributed by atoms with Crippen LogP contribution in [0.15, 0.2) is 53.1 Å². The summed E-state index contributed by atoms with van der Waals surface area (Å²) in [5.74, 6) is 3.15. The largest absolute Gasteiger partial charge is 0.493 e. The highest BCUT2D eigenvalue weighted by atomic mass is 16.5. The molecule has 1 saturated carbocycles. The minimum Gasteiger partial charge on any atom is -0.493 e. The zero-order valence-corrected chi connectivity index (χ0v) is 19.5. The molecule has 1 fully saturated rings. The molecule has 6 heteroatoms. The van der Waals surface area contributed by atoms with Gasteiger partial charge in [-0.3, -0.25) is 4.79 Å². The van der Waals surface area contributed by atoms with E-state index in [-0.39, 0.29) is 11.9 Å². The molecule has 1 heterocycles. The highest BCUT2D eigenvalue weighted by molar-refractivity contribution is 5.98. The average Bonchev–Trinajstić information content (AvgIpc) is 3.25. The van der Waals surface area contributed by atoms with Crippen molar-refractivity contribution in [2.24, 2.45) is 5.92 Å². The van der Waals surface area contributed by atoms with Crippen LogP contribution in [0.4, 0.5) is 0 Å². The second-order valence-electron chi connectivity index (χ2n) is 8.70. The number of aryl methyl sites for hydroxylation is 1. The molecule has 1 aliphatic rings. The maximum absolute atomic E-state index is 12.8. The molecule has 0 unspecified atom stereocenters. The molecule has 3 aromatic rings. The number of carbonyl (C=O) groups excluding carboxylic acids is 1. The highest BCUT2D eigenvalue weighted by Crippen LogP contribution is 2.34. The van der Waals surface area contributed by atoms with Crippen LogP contribution in [-0.4, -0.2) is 30.6 Å². The number of ketones is 1. The molecule has 0 N–H and O–H groups in total. The summed E-state index contributed by atoms with van der Waals surface area (Å²) in [5.41, 5.74) is 2.14. The fraction of sp³-hybridized carbons (Fsp3) is 0.407. The summed E-state index contributed by atoms with van der Waals surface area (Å²) >= 11 is 0. The van der Waals surface area contributed by atoms with E-state index in [0.29, 0.717) is 54.1 Å². The predicted molar refractivity (Wildman–Crippen MR) is 126 cm³/mol. The van der Waals surface area contributed by atoms with Crippen LogP contribution >= 0.6 is 0 Å². The molecule has 174 valence electrons. The number of nitrogens with zero attached hydrogens (tertiary/aromatic N) is 1. The van der Waals surface area contributed by atoms with Crippen LogP contribution in [-0.2, 0) is 6.42 Å². The third-order valence-electron chi connectivity index (χ3n) is 5.82. The lowest BCUT2D eigenvalue weighted by Gasteiger charge is -2.25. The van der Waals surface area contributed by atoms with Gasteiger partial charge < -0.3 is 18.6 Å². The van der Waals surface area contributed by atoms with E-state index < -0.39 is 0 Å². The van der Waals surface area contributed by atoms with Gasteiger partial charge in [0, 0.05) is 18.4 Å². The third-order valence-corrected chi connectivity index (χ3v) is 5.82. The number of Topliss-reactive ketones (excluding diaryl/α,β-unsaturated/α-hetero) is 1. The molecule has 0 aliphatic heterocycles. The standard InChI is InChI=1S/C27H31NO5/c1-18(2)33-24-10-5-4-9-22(24)23(29)13-12-21-17-32-27(28-21)20-11-14-25(30-3)26(15-20)31-16-19-7-6-8-19/h4-5,9-11,14-15,17-19H,6-8,12-13,16H2,1-3H3. The van der Waals surface area contributed by atoms with E-state index in [4.69, 9.17) is 18.6 Å². The molecule has 0 saturated heterocycles. The van der Waals surface area contributed by atoms with Crippen LogP contribution in [0.2, 0.25) is 0 Å². The minimum atomic E-state index is 0.00383. The first kappa shape index (κ1) is 22.9. The summed E-state index contributed by atoms with van der Waals surface area (Å²) in [6.07, 6.45) is 6.14. The minimum absolute atomic E-state index is 0.00383. The van der Waals surface area contributed by atoms with E-state index in [2.05, 4.69) is 4.98 Å². The third kappa shape index (κ3) is 5.75. The van der Waals surface area contributed by atoms with Crippen molar-refractivity contribution in [3.05, 3.63) is 60.0 Å². The van der Waals surface area contributed by atoms with Gasteiger partial charge in [-0.05, 0) is 62.9 Å². The topological polar surface area (TPSA) is 70.8 Å². The number of hydrogen-bond acceptors (Lipinski definition) is 6. The first-order valence-corrected chi connectivity index (χ1v) is 11.6. The Morgan fingerprint density at radius 1 is 1.12 bits per heavy atom. The fourth-order valence-electron chi connectivity index (χ4n) is 3.77. The van der Waals surface area contributed by atoms with Crippen LogP contribution in [0.25, 0.3) is 11.5 Å². The number of carbonyl (C=O) groups is 1. The predicted octanol–water partition coefficient (Wildman–Crippen LogP) is 6.13. The highest BCUT2D eigenvalue weighted by Gasteiger charge is 2.20. The molecule has 4 rings (SSSR count). The van der Waals surface area contributed by atoms with Crippen molar-refractivity contribution in [3.8, 4) is 28.7 Å². The Kier molecular flexibility index (Phi) is 7.33. The first-order chi connectivity index (χ1) is 16.0. The van der Waals surface area contributed by atoms with Gasteiger partial charge in [0.1, 0.15) is 12.0 Å². The summed E-state index contributed by atoms with van der Waals surface area (Å²) in [4.78, 5) is 17.4. The van der Waals surface area contributed by atoms with E-state index in [9.17, 15) is 4.79 Å². The van der Waals surface area contributed by atoms with Crippen molar-refractivity contribution in [1.29, 1.82) is 0 Å². The van der Waals surface area contributed by atoms with Gasteiger partial charge in [-0.15, -0.1) is 0 Å². The van der Waals surface area contributed by atoms with Gasteiger partial charge in [0.15, 0.2) is 17.3 Å². The molecule has 0 bridgehead atoms. The summed E-state index contributed by atoms with van der Waals surface area (Å²) < 4.78 is 22.9. The van der Waals surface area contributed by atoms with Crippen LogP contribution in [0.5, 0.6) is 17.2 Å². The van der Waals surface area contributed by atoms with Crippen LogP contribution < -0.4 is 14.2 Å². The van der Waals surface area contributed by atoms with E-state index >= 15 is 0 Å². The summed E-state index contributed by atoms with van der Waals surface area (Å²) in [5, 5.41) is 0. The van der Waals surface area contributed by atoms with E-state index in [0.717, 1.165) is 11.3 Å². The molecule has 1 aliphatic carbocycles. The van der Waals surface area contributed by atoms with Crippen molar-refractivity contribution in [2.45, 2.75) is 52.1 Å². The molecule has 33 heavy (non-hydrogen) atoms. The second-order valence-corrected chi connectivity index (χ2v) is 8.70. The number of rotatable bonds is 11. The Morgan fingerprint density at radius 3 is 2.67 bits per heavy atom. The number of ether oxygens (including phenoxy) is 3. The van der Waals surface area contributed by atoms with Crippen molar-refractivity contribution < 1.29 is 23.4 Å². The number of methoxy groups -OCH3 is 1. The Hall–Kier alpha value is -3.28. The first-order valence-electron chi connectivity index (χ1n) is 11.6. The molecular formula is C27H31NO5. The number of aromatic nitrogens is 1. The number of oxazole rings is 1. The second kappa shape index (κ2) is 10.6. The summed E-state index contributed by atoms with van der Waals surface area (Å²) in [7, 11) is 1.63. The molecule has 0 atom stereocenters.